The lowest BCUT2D eigenvalue weighted by atomic mass is 9.90. The highest BCUT2D eigenvalue weighted by molar-refractivity contribution is 5.12. The maximum Gasteiger partial charge on any atom is 0.0798 e. The molecular formula is C14H21NO. The van der Waals surface area contributed by atoms with Crippen molar-refractivity contribution in [3.63, 3.8) is 0 Å². The van der Waals surface area contributed by atoms with Crippen molar-refractivity contribution >= 4 is 0 Å². The highest BCUT2D eigenvalue weighted by Crippen LogP contribution is 2.25. The van der Waals surface area contributed by atoms with Gasteiger partial charge in [-0.1, -0.05) is 19.3 Å². The quantitative estimate of drug-likeness (QED) is 0.769. The second-order valence-electron chi connectivity index (χ2n) is 4.76. The zero-order valence-electron chi connectivity index (χ0n) is 10.1. The van der Waals surface area contributed by atoms with Crippen LogP contribution in [0.5, 0.6) is 0 Å². The van der Waals surface area contributed by atoms with E-state index in [1.807, 2.05) is 24.5 Å². The average molecular weight is 219 g/mol. The smallest absolute Gasteiger partial charge is 0.0798 e. The van der Waals surface area contributed by atoms with Gasteiger partial charge in [-0.05, 0) is 43.4 Å². The van der Waals surface area contributed by atoms with Gasteiger partial charge in [0, 0.05) is 12.4 Å². The number of rotatable bonds is 4. The maximum atomic E-state index is 5.94. The molecule has 1 atom stereocenters. The van der Waals surface area contributed by atoms with Gasteiger partial charge in [-0.2, -0.15) is 0 Å². The molecule has 88 valence electrons. The first-order chi connectivity index (χ1) is 7.86. The highest BCUT2D eigenvalue weighted by Gasteiger charge is 2.15. The van der Waals surface area contributed by atoms with E-state index < -0.39 is 0 Å². The van der Waals surface area contributed by atoms with Crippen molar-refractivity contribution in [1.29, 1.82) is 0 Å². The molecule has 1 aliphatic rings. The van der Waals surface area contributed by atoms with E-state index in [-0.39, 0.29) is 6.10 Å². The van der Waals surface area contributed by atoms with Gasteiger partial charge in [0.05, 0.1) is 12.7 Å². The SMILES string of the molecule is CC(OCC1CCCCC1)c1ccncc1. The van der Waals surface area contributed by atoms with E-state index in [1.54, 1.807) is 0 Å². The second-order valence-corrected chi connectivity index (χ2v) is 4.76. The number of ether oxygens (including phenoxy) is 1. The van der Waals surface area contributed by atoms with Crippen molar-refractivity contribution in [3.05, 3.63) is 30.1 Å². The van der Waals surface area contributed by atoms with Crippen molar-refractivity contribution in [2.75, 3.05) is 6.61 Å². The van der Waals surface area contributed by atoms with Crippen molar-refractivity contribution in [1.82, 2.24) is 4.98 Å². The lowest BCUT2D eigenvalue weighted by Gasteiger charge is -2.23. The number of hydrogen-bond acceptors (Lipinski definition) is 2. The van der Waals surface area contributed by atoms with Crippen LogP contribution in [0.3, 0.4) is 0 Å². The Morgan fingerprint density at radius 3 is 2.62 bits per heavy atom. The van der Waals surface area contributed by atoms with Crippen LogP contribution >= 0.6 is 0 Å². The topological polar surface area (TPSA) is 22.1 Å². The van der Waals surface area contributed by atoms with E-state index in [2.05, 4.69) is 11.9 Å². The van der Waals surface area contributed by atoms with E-state index in [9.17, 15) is 0 Å². The molecule has 1 aromatic rings. The van der Waals surface area contributed by atoms with E-state index >= 15 is 0 Å². The Kier molecular flexibility index (Phi) is 4.34. The summed E-state index contributed by atoms with van der Waals surface area (Å²) in [4.78, 5) is 4.02. The number of pyridine rings is 1. The van der Waals surface area contributed by atoms with Gasteiger partial charge >= 0.3 is 0 Å². The maximum absolute atomic E-state index is 5.94. The molecule has 0 aliphatic heterocycles. The third kappa shape index (κ3) is 3.31. The summed E-state index contributed by atoms with van der Waals surface area (Å²) in [5.74, 6) is 0.790. The Labute approximate surface area is 98.0 Å². The van der Waals surface area contributed by atoms with Crippen LogP contribution in [0.2, 0.25) is 0 Å². The summed E-state index contributed by atoms with van der Waals surface area (Å²) >= 11 is 0. The number of hydrogen-bond donors (Lipinski definition) is 0. The molecule has 1 heterocycles. The van der Waals surface area contributed by atoms with Crippen LogP contribution in [0.1, 0.15) is 50.7 Å². The van der Waals surface area contributed by atoms with Crippen LogP contribution in [0.4, 0.5) is 0 Å². The molecule has 1 fully saturated rings. The predicted octanol–water partition coefficient (Wildman–Crippen LogP) is 3.74. The Bertz CT molecular complexity index is 293. The highest BCUT2D eigenvalue weighted by atomic mass is 16.5. The van der Waals surface area contributed by atoms with E-state index in [4.69, 9.17) is 4.74 Å². The van der Waals surface area contributed by atoms with Crippen LogP contribution in [-0.4, -0.2) is 11.6 Å². The fourth-order valence-corrected chi connectivity index (χ4v) is 2.36. The lowest BCUT2D eigenvalue weighted by Crippen LogP contribution is -2.14. The van der Waals surface area contributed by atoms with Gasteiger partial charge in [0.2, 0.25) is 0 Å². The molecule has 16 heavy (non-hydrogen) atoms. The van der Waals surface area contributed by atoms with Crippen molar-refractivity contribution < 1.29 is 4.74 Å². The molecule has 2 heteroatoms. The summed E-state index contributed by atoms with van der Waals surface area (Å²) in [7, 11) is 0. The summed E-state index contributed by atoms with van der Waals surface area (Å²) in [5.41, 5.74) is 1.23. The van der Waals surface area contributed by atoms with Crippen molar-refractivity contribution in [2.24, 2.45) is 5.92 Å². The summed E-state index contributed by atoms with van der Waals surface area (Å²) in [6, 6.07) is 4.07. The molecule has 1 aliphatic carbocycles. The molecule has 0 spiro atoms. The van der Waals surface area contributed by atoms with E-state index in [0.717, 1.165) is 12.5 Å². The van der Waals surface area contributed by atoms with Gasteiger partial charge in [0.1, 0.15) is 0 Å². The first-order valence-corrected chi connectivity index (χ1v) is 6.38. The zero-order valence-corrected chi connectivity index (χ0v) is 10.1. The number of nitrogens with zero attached hydrogens (tertiary/aromatic N) is 1. The summed E-state index contributed by atoms with van der Waals surface area (Å²) in [5, 5.41) is 0. The molecule has 0 saturated heterocycles. The van der Waals surface area contributed by atoms with Gasteiger partial charge in [0.25, 0.3) is 0 Å². The first kappa shape index (κ1) is 11.6. The summed E-state index contributed by atoms with van der Waals surface area (Å²) in [6.45, 7) is 3.04. The lowest BCUT2D eigenvalue weighted by molar-refractivity contribution is 0.0302. The van der Waals surface area contributed by atoms with Gasteiger partial charge in [-0.25, -0.2) is 0 Å². The van der Waals surface area contributed by atoms with Crippen molar-refractivity contribution in [3.8, 4) is 0 Å². The fourth-order valence-electron chi connectivity index (χ4n) is 2.36. The van der Waals surface area contributed by atoms with Gasteiger partial charge in [0.15, 0.2) is 0 Å². The molecule has 2 rings (SSSR count). The van der Waals surface area contributed by atoms with Crippen LogP contribution in [-0.2, 0) is 4.74 Å². The normalized spacial score (nSPS) is 19.6. The third-order valence-electron chi connectivity index (χ3n) is 3.48. The minimum Gasteiger partial charge on any atom is -0.374 e. The minimum atomic E-state index is 0.199. The van der Waals surface area contributed by atoms with Crippen LogP contribution in [0, 0.1) is 5.92 Å². The summed E-state index contributed by atoms with van der Waals surface area (Å²) in [6.07, 6.45) is 10.7. The van der Waals surface area contributed by atoms with Crippen LogP contribution in [0.25, 0.3) is 0 Å². The zero-order chi connectivity index (χ0) is 11.2. The Morgan fingerprint density at radius 1 is 1.25 bits per heavy atom. The third-order valence-corrected chi connectivity index (χ3v) is 3.48. The molecule has 0 radical (unpaired) electrons. The van der Waals surface area contributed by atoms with Gasteiger partial charge < -0.3 is 4.74 Å². The number of aromatic nitrogens is 1. The molecular weight excluding hydrogens is 198 g/mol. The monoisotopic (exact) mass is 219 g/mol. The van der Waals surface area contributed by atoms with Crippen LogP contribution in [0.15, 0.2) is 24.5 Å². The standard InChI is InChI=1S/C14H21NO/c1-12(14-7-9-15-10-8-14)16-11-13-5-3-2-4-6-13/h7-10,12-13H,2-6,11H2,1H3. The first-order valence-electron chi connectivity index (χ1n) is 6.38. The van der Waals surface area contributed by atoms with E-state index in [1.165, 1.54) is 37.7 Å². The van der Waals surface area contributed by atoms with Gasteiger partial charge in [-0.15, -0.1) is 0 Å². The predicted molar refractivity (Wildman–Crippen MR) is 65.2 cm³/mol. The van der Waals surface area contributed by atoms with Gasteiger partial charge in [-0.3, -0.25) is 4.98 Å². The largest absolute Gasteiger partial charge is 0.374 e. The molecule has 0 amide bonds. The molecule has 0 bridgehead atoms. The Morgan fingerprint density at radius 2 is 1.94 bits per heavy atom. The molecule has 2 nitrogen and oxygen atoms in total. The van der Waals surface area contributed by atoms with Crippen molar-refractivity contribution in [2.45, 2.75) is 45.1 Å². The average Bonchev–Trinajstić information content (AvgIpc) is 2.38. The molecule has 0 N–H and O–H groups in total. The Hall–Kier alpha value is -0.890. The summed E-state index contributed by atoms with van der Waals surface area (Å²) < 4.78 is 5.94. The molecule has 1 aromatic heterocycles. The molecule has 1 unspecified atom stereocenters. The van der Waals surface area contributed by atoms with Crippen LogP contribution < -0.4 is 0 Å². The molecule has 0 aromatic carbocycles. The van der Waals surface area contributed by atoms with E-state index in [0.29, 0.717) is 0 Å². The fraction of sp³-hybridized carbons (Fsp3) is 0.643. The Balaban J connectivity index is 1.77. The minimum absolute atomic E-state index is 0.199. The molecule has 1 saturated carbocycles. The second kappa shape index (κ2) is 6.00.